The Balaban J connectivity index is 1.61. The summed E-state index contributed by atoms with van der Waals surface area (Å²) in [7, 11) is 0. The number of carbonyl (C=O) groups excluding carboxylic acids is 1. The van der Waals surface area contributed by atoms with Gasteiger partial charge >= 0.3 is 0 Å². The number of fused-ring (bicyclic) bond motifs is 3. The number of hydrogen-bond acceptors (Lipinski definition) is 4. The fourth-order valence-corrected chi connectivity index (χ4v) is 4.69. The van der Waals surface area contributed by atoms with E-state index in [2.05, 4.69) is 29.1 Å². The van der Waals surface area contributed by atoms with Crippen LogP contribution >= 0.6 is 0 Å². The average Bonchev–Trinajstić information content (AvgIpc) is 2.96. The summed E-state index contributed by atoms with van der Waals surface area (Å²) in [6.45, 7) is 12.1. The van der Waals surface area contributed by atoms with Gasteiger partial charge in [-0.2, -0.15) is 0 Å². The van der Waals surface area contributed by atoms with Gasteiger partial charge in [-0.25, -0.2) is 8.78 Å². The van der Waals surface area contributed by atoms with Gasteiger partial charge in [-0.3, -0.25) is 4.79 Å². The number of aliphatic hydroxyl groups is 1. The minimum absolute atomic E-state index is 0.0354. The highest BCUT2D eigenvalue weighted by atomic mass is 19.1. The maximum absolute atomic E-state index is 13.6. The highest BCUT2D eigenvalue weighted by Gasteiger charge is 2.38. The number of carbonyl (C=O) groups is 1. The first-order chi connectivity index (χ1) is 17.6. The maximum Gasteiger partial charge on any atom is 0.251 e. The fraction of sp³-hybridized carbons (Fsp3) is 0.233. The molecule has 0 fully saturated rings. The van der Waals surface area contributed by atoms with E-state index in [9.17, 15) is 18.7 Å². The molecule has 0 spiro atoms. The number of nitrogens with one attached hydrogen (secondary N) is 3. The normalized spacial score (nSPS) is 16.1. The van der Waals surface area contributed by atoms with Crippen LogP contribution < -0.4 is 16.0 Å². The summed E-state index contributed by atoms with van der Waals surface area (Å²) in [5, 5.41) is 20.9. The SMILES string of the molecule is C=C(NCc1cc(F)cc(F)c1)C(O)(CC(C)C)C(=C)N[C@@H]1C(=O)Nc2ccccc2-c2ccccc21. The van der Waals surface area contributed by atoms with Crippen LogP contribution in [0.2, 0.25) is 0 Å². The van der Waals surface area contributed by atoms with Crippen molar-refractivity contribution < 1.29 is 18.7 Å². The molecule has 5 nitrogen and oxygen atoms in total. The van der Waals surface area contributed by atoms with Gasteiger partial charge < -0.3 is 21.1 Å². The first-order valence-electron chi connectivity index (χ1n) is 12.1. The fourth-order valence-electron chi connectivity index (χ4n) is 4.69. The van der Waals surface area contributed by atoms with Crippen molar-refractivity contribution in [2.75, 3.05) is 5.32 Å². The molecule has 0 aromatic heterocycles. The molecular weight excluding hydrogens is 472 g/mol. The number of anilines is 1. The zero-order valence-corrected chi connectivity index (χ0v) is 20.9. The molecule has 0 saturated carbocycles. The second kappa shape index (κ2) is 10.6. The highest BCUT2D eigenvalue weighted by Crippen LogP contribution is 2.38. The molecular formula is C30H31F2N3O2. The van der Waals surface area contributed by atoms with Crippen LogP contribution in [-0.2, 0) is 11.3 Å². The summed E-state index contributed by atoms with van der Waals surface area (Å²) in [6.07, 6.45) is 0.248. The molecule has 0 radical (unpaired) electrons. The summed E-state index contributed by atoms with van der Waals surface area (Å²) in [5.74, 6) is -1.64. The number of benzene rings is 3. The van der Waals surface area contributed by atoms with Crippen LogP contribution in [0, 0.1) is 17.6 Å². The van der Waals surface area contributed by atoms with Crippen molar-refractivity contribution >= 4 is 11.6 Å². The van der Waals surface area contributed by atoms with Crippen molar-refractivity contribution in [2.45, 2.75) is 38.5 Å². The van der Waals surface area contributed by atoms with Gasteiger partial charge in [0.2, 0.25) is 0 Å². The lowest BCUT2D eigenvalue weighted by Crippen LogP contribution is -2.47. The monoisotopic (exact) mass is 503 g/mol. The van der Waals surface area contributed by atoms with Gasteiger partial charge in [-0.1, -0.05) is 69.5 Å². The van der Waals surface area contributed by atoms with Gasteiger partial charge in [-0.05, 0) is 47.2 Å². The number of halogens is 2. The largest absolute Gasteiger partial charge is 0.382 e. The molecule has 7 heteroatoms. The molecule has 0 saturated heterocycles. The van der Waals surface area contributed by atoms with Crippen LogP contribution in [0.5, 0.6) is 0 Å². The Morgan fingerprint density at radius 2 is 1.62 bits per heavy atom. The van der Waals surface area contributed by atoms with Crippen LogP contribution in [0.4, 0.5) is 14.5 Å². The first kappa shape index (κ1) is 26.1. The van der Waals surface area contributed by atoms with E-state index in [0.717, 1.165) is 22.8 Å². The van der Waals surface area contributed by atoms with Gasteiger partial charge in [-0.15, -0.1) is 0 Å². The van der Waals surface area contributed by atoms with Crippen molar-refractivity contribution in [3.63, 3.8) is 0 Å². The summed E-state index contributed by atoms with van der Waals surface area (Å²) in [4.78, 5) is 13.4. The second-order valence-corrected chi connectivity index (χ2v) is 9.75. The average molecular weight is 504 g/mol. The molecule has 192 valence electrons. The van der Waals surface area contributed by atoms with E-state index in [0.29, 0.717) is 11.3 Å². The molecule has 1 unspecified atom stereocenters. The molecule has 3 aromatic rings. The van der Waals surface area contributed by atoms with Crippen molar-refractivity contribution in [3.05, 3.63) is 114 Å². The number of para-hydroxylation sites is 1. The number of rotatable bonds is 9. The molecule has 0 aliphatic carbocycles. The van der Waals surface area contributed by atoms with Crippen molar-refractivity contribution in [3.8, 4) is 11.1 Å². The minimum Gasteiger partial charge on any atom is -0.382 e. The van der Waals surface area contributed by atoms with Crippen LogP contribution in [0.3, 0.4) is 0 Å². The summed E-state index contributed by atoms with van der Waals surface area (Å²) in [5.41, 5.74) is 2.31. The third-order valence-corrected chi connectivity index (χ3v) is 6.46. The lowest BCUT2D eigenvalue weighted by molar-refractivity contribution is -0.118. The summed E-state index contributed by atoms with van der Waals surface area (Å²) in [6, 6.07) is 17.5. The van der Waals surface area contributed by atoms with Crippen LogP contribution in [0.1, 0.15) is 37.4 Å². The standard InChI is InChI=1S/C30H31F2N3O2/c1-18(2)16-30(37,19(3)33-17-21-13-22(31)15-23(32)14-21)20(4)34-28-26-11-6-5-9-24(26)25-10-7-8-12-27(25)35-29(28)36/h5-15,18,28,33-34,37H,3-4,16-17H2,1-2H3,(H,35,36)/t28-,30?/m0/s1. The minimum atomic E-state index is -1.66. The molecule has 4 rings (SSSR count). The van der Waals surface area contributed by atoms with E-state index in [-0.39, 0.29) is 36.2 Å². The van der Waals surface area contributed by atoms with E-state index in [1.807, 2.05) is 62.4 Å². The predicted molar refractivity (Wildman–Crippen MR) is 142 cm³/mol. The predicted octanol–water partition coefficient (Wildman–Crippen LogP) is 5.81. The number of amides is 1. The topological polar surface area (TPSA) is 73.4 Å². The van der Waals surface area contributed by atoms with E-state index in [4.69, 9.17) is 0 Å². The summed E-state index contributed by atoms with van der Waals surface area (Å²) >= 11 is 0. The lowest BCUT2D eigenvalue weighted by atomic mass is 9.86. The van der Waals surface area contributed by atoms with Gasteiger partial charge in [0.05, 0.1) is 0 Å². The van der Waals surface area contributed by atoms with Gasteiger partial charge in [0, 0.05) is 35.3 Å². The molecule has 1 aliphatic heterocycles. The number of hydrogen-bond donors (Lipinski definition) is 4. The molecule has 1 heterocycles. The molecule has 37 heavy (non-hydrogen) atoms. The van der Waals surface area contributed by atoms with Crippen LogP contribution in [-0.4, -0.2) is 16.6 Å². The Morgan fingerprint density at radius 1 is 1.00 bits per heavy atom. The van der Waals surface area contributed by atoms with E-state index in [1.165, 1.54) is 12.1 Å². The quantitative estimate of drug-likeness (QED) is 0.297. The third-order valence-electron chi connectivity index (χ3n) is 6.46. The Labute approximate surface area is 215 Å². The van der Waals surface area contributed by atoms with Crippen molar-refractivity contribution in [2.24, 2.45) is 5.92 Å². The lowest BCUT2D eigenvalue weighted by Gasteiger charge is -2.36. The van der Waals surface area contributed by atoms with E-state index >= 15 is 0 Å². The van der Waals surface area contributed by atoms with Gasteiger partial charge in [0.25, 0.3) is 5.91 Å². The Hall–Kier alpha value is -3.97. The van der Waals surface area contributed by atoms with E-state index < -0.39 is 23.3 Å². The highest BCUT2D eigenvalue weighted by molar-refractivity contribution is 6.03. The zero-order valence-electron chi connectivity index (χ0n) is 20.9. The molecule has 1 aliphatic rings. The van der Waals surface area contributed by atoms with Crippen LogP contribution in [0.15, 0.2) is 91.3 Å². The van der Waals surface area contributed by atoms with Crippen LogP contribution in [0.25, 0.3) is 11.1 Å². The second-order valence-electron chi connectivity index (χ2n) is 9.75. The molecule has 2 atom stereocenters. The van der Waals surface area contributed by atoms with Gasteiger partial charge in [0.15, 0.2) is 0 Å². The Bertz CT molecular complexity index is 1330. The van der Waals surface area contributed by atoms with Crippen molar-refractivity contribution in [1.82, 2.24) is 10.6 Å². The van der Waals surface area contributed by atoms with E-state index in [1.54, 1.807) is 0 Å². The Morgan fingerprint density at radius 3 is 2.30 bits per heavy atom. The maximum atomic E-state index is 13.6. The molecule has 1 amide bonds. The molecule has 4 N–H and O–H groups in total. The smallest absolute Gasteiger partial charge is 0.251 e. The molecule has 0 bridgehead atoms. The third kappa shape index (κ3) is 5.57. The van der Waals surface area contributed by atoms with Gasteiger partial charge in [0.1, 0.15) is 23.3 Å². The first-order valence-corrected chi connectivity index (χ1v) is 12.1. The van der Waals surface area contributed by atoms with Crippen molar-refractivity contribution in [1.29, 1.82) is 0 Å². The molecule has 3 aromatic carbocycles. The zero-order chi connectivity index (χ0) is 26.7. The Kier molecular flexibility index (Phi) is 7.45. The summed E-state index contributed by atoms with van der Waals surface area (Å²) < 4.78 is 27.3.